The zero-order chi connectivity index (χ0) is 23.8. The van der Waals surface area contributed by atoms with Gasteiger partial charge in [0, 0.05) is 31.1 Å². The number of carbonyl (C=O) groups excluding carboxylic acids is 2. The molecule has 3 aromatic rings. The van der Waals surface area contributed by atoms with Gasteiger partial charge in [-0.15, -0.1) is 0 Å². The van der Waals surface area contributed by atoms with Crippen molar-refractivity contribution < 1.29 is 18.7 Å². The van der Waals surface area contributed by atoms with E-state index in [1.165, 1.54) is 24.3 Å². The molecule has 1 saturated heterocycles. The number of amides is 2. The summed E-state index contributed by atoms with van der Waals surface area (Å²) in [4.78, 5) is 26.9. The van der Waals surface area contributed by atoms with Crippen molar-refractivity contribution in [1.29, 1.82) is 0 Å². The SMILES string of the molecule is O=C(NCc1ccc(COCc2ccccc2)cc1)C1CCN(C(=O)c2ccc(F)cc2)CC1. The van der Waals surface area contributed by atoms with Gasteiger partial charge in [-0.2, -0.15) is 0 Å². The van der Waals surface area contributed by atoms with Crippen molar-refractivity contribution in [2.45, 2.75) is 32.6 Å². The van der Waals surface area contributed by atoms with E-state index in [0.29, 0.717) is 51.3 Å². The number of carbonyl (C=O) groups is 2. The van der Waals surface area contributed by atoms with Crippen LogP contribution in [0.15, 0.2) is 78.9 Å². The number of piperidine rings is 1. The van der Waals surface area contributed by atoms with Gasteiger partial charge in [-0.25, -0.2) is 4.39 Å². The molecule has 1 aliphatic heterocycles. The second kappa shape index (κ2) is 11.6. The average Bonchev–Trinajstić information content (AvgIpc) is 2.89. The monoisotopic (exact) mass is 460 g/mol. The van der Waals surface area contributed by atoms with E-state index in [1.54, 1.807) is 4.90 Å². The van der Waals surface area contributed by atoms with Crippen LogP contribution < -0.4 is 5.32 Å². The highest BCUT2D eigenvalue weighted by molar-refractivity contribution is 5.94. The fourth-order valence-electron chi connectivity index (χ4n) is 4.07. The highest BCUT2D eigenvalue weighted by Gasteiger charge is 2.27. The van der Waals surface area contributed by atoms with E-state index in [4.69, 9.17) is 4.74 Å². The summed E-state index contributed by atoms with van der Waals surface area (Å²) in [6, 6.07) is 23.7. The van der Waals surface area contributed by atoms with E-state index in [1.807, 2.05) is 54.6 Å². The van der Waals surface area contributed by atoms with E-state index >= 15 is 0 Å². The molecule has 176 valence electrons. The van der Waals surface area contributed by atoms with Crippen LogP contribution >= 0.6 is 0 Å². The molecular weight excluding hydrogens is 431 g/mol. The minimum absolute atomic E-state index is 0.0177. The lowest BCUT2D eigenvalue weighted by Gasteiger charge is -2.31. The predicted molar refractivity (Wildman–Crippen MR) is 128 cm³/mol. The van der Waals surface area contributed by atoms with Gasteiger partial charge in [0.1, 0.15) is 5.82 Å². The number of hydrogen-bond donors (Lipinski definition) is 1. The Morgan fingerprint density at radius 3 is 2.06 bits per heavy atom. The minimum Gasteiger partial charge on any atom is -0.372 e. The Balaban J connectivity index is 1.17. The van der Waals surface area contributed by atoms with E-state index in [-0.39, 0.29) is 23.5 Å². The molecule has 6 heteroatoms. The summed E-state index contributed by atoms with van der Waals surface area (Å²) >= 11 is 0. The molecule has 0 bridgehead atoms. The molecule has 1 heterocycles. The quantitative estimate of drug-likeness (QED) is 0.530. The van der Waals surface area contributed by atoms with Crippen molar-refractivity contribution in [1.82, 2.24) is 10.2 Å². The maximum atomic E-state index is 13.1. The van der Waals surface area contributed by atoms with Crippen molar-refractivity contribution >= 4 is 11.8 Å². The second-order valence-corrected chi connectivity index (χ2v) is 8.59. The first-order valence-corrected chi connectivity index (χ1v) is 11.6. The highest BCUT2D eigenvalue weighted by atomic mass is 19.1. The summed E-state index contributed by atoms with van der Waals surface area (Å²) in [5.41, 5.74) is 3.74. The largest absolute Gasteiger partial charge is 0.372 e. The molecule has 1 aliphatic rings. The van der Waals surface area contributed by atoms with Gasteiger partial charge in [0.15, 0.2) is 0 Å². The van der Waals surface area contributed by atoms with Crippen molar-refractivity contribution in [3.63, 3.8) is 0 Å². The van der Waals surface area contributed by atoms with Gasteiger partial charge in [0.25, 0.3) is 5.91 Å². The minimum atomic E-state index is -0.363. The summed E-state index contributed by atoms with van der Waals surface area (Å²) in [5, 5.41) is 3.02. The Bertz CT molecular complexity index is 1080. The Morgan fingerprint density at radius 1 is 0.824 bits per heavy atom. The number of rotatable bonds is 8. The second-order valence-electron chi connectivity index (χ2n) is 8.59. The van der Waals surface area contributed by atoms with Gasteiger partial charge in [-0.3, -0.25) is 9.59 Å². The molecule has 0 saturated carbocycles. The number of halogens is 1. The summed E-state index contributed by atoms with van der Waals surface area (Å²) in [6.07, 6.45) is 1.24. The standard InChI is InChI=1S/C28H29FN2O3/c29-26-12-10-25(11-13-26)28(33)31-16-14-24(15-17-31)27(32)30-18-21-6-8-23(9-7-21)20-34-19-22-4-2-1-3-5-22/h1-13,24H,14-20H2,(H,30,32). The number of benzene rings is 3. The Labute approximate surface area is 199 Å². The molecule has 34 heavy (non-hydrogen) atoms. The van der Waals surface area contributed by atoms with Crippen LogP contribution in [0.25, 0.3) is 0 Å². The summed E-state index contributed by atoms with van der Waals surface area (Å²) in [6.45, 7) is 2.63. The average molecular weight is 461 g/mol. The van der Waals surface area contributed by atoms with Gasteiger partial charge in [0.05, 0.1) is 13.2 Å². The predicted octanol–water partition coefficient (Wildman–Crippen LogP) is 4.71. The molecule has 0 radical (unpaired) electrons. The third kappa shape index (κ3) is 6.51. The van der Waals surface area contributed by atoms with Crippen LogP contribution in [0.1, 0.15) is 39.9 Å². The summed E-state index contributed by atoms with van der Waals surface area (Å²) in [7, 11) is 0. The van der Waals surface area contributed by atoms with Crippen LogP contribution in [0.5, 0.6) is 0 Å². The van der Waals surface area contributed by atoms with Gasteiger partial charge >= 0.3 is 0 Å². The first-order chi connectivity index (χ1) is 16.6. The van der Waals surface area contributed by atoms with Crippen LogP contribution in [0.3, 0.4) is 0 Å². The molecule has 0 aliphatic carbocycles. The third-order valence-corrected chi connectivity index (χ3v) is 6.11. The number of nitrogens with zero attached hydrogens (tertiary/aromatic N) is 1. The van der Waals surface area contributed by atoms with Gasteiger partial charge in [0.2, 0.25) is 5.91 Å². The molecular formula is C28H29FN2O3. The molecule has 3 aromatic carbocycles. The fourth-order valence-corrected chi connectivity index (χ4v) is 4.07. The Morgan fingerprint density at radius 2 is 1.41 bits per heavy atom. The normalized spacial score (nSPS) is 14.1. The molecule has 5 nitrogen and oxygen atoms in total. The summed E-state index contributed by atoms with van der Waals surface area (Å²) < 4.78 is 18.8. The lowest BCUT2D eigenvalue weighted by atomic mass is 9.95. The van der Waals surface area contributed by atoms with Gasteiger partial charge < -0.3 is 15.0 Å². The maximum Gasteiger partial charge on any atom is 0.253 e. The topological polar surface area (TPSA) is 58.6 Å². The van der Waals surface area contributed by atoms with E-state index < -0.39 is 0 Å². The third-order valence-electron chi connectivity index (χ3n) is 6.11. The van der Waals surface area contributed by atoms with Gasteiger partial charge in [-0.1, -0.05) is 54.6 Å². The Kier molecular flexibility index (Phi) is 8.04. The lowest BCUT2D eigenvalue weighted by molar-refractivity contribution is -0.126. The zero-order valence-corrected chi connectivity index (χ0v) is 19.1. The highest BCUT2D eigenvalue weighted by Crippen LogP contribution is 2.20. The number of hydrogen-bond acceptors (Lipinski definition) is 3. The molecule has 0 unspecified atom stereocenters. The van der Waals surface area contributed by atoms with E-state index in [0.717, 1.165) is 16.7 Å². The van der Waals surface area contributed by atoms with Crippen LogP contribution in [-0.4, -0.2) is 29.8 Å². The van der Waals surface area contributed by atoms with E-state index in [9.17, 15) is 14.0 Å². The molecule has 0 atom stereocenters. The lowest BCUT2D eigenvalue weighted by Crippen LogP contribution is -2.42. The molecule has 2 amide bonds. The van der Waals surface area contributed by atoms with Crippen molar-refractivity contribution in [2.75, 3.05) is 13.1 Å². The molecule has 1 N–H and O–H groups in total. The van der Waals surface area contributed by atoms with Crippen LogP contribution in [0, 0.1) is 11.7 Å². The zero-order valence-electron chi connectivity index (χ0n) is 19.1. The number of likely N-dealkylation sites (tertiary alicyclic amines) is 1. The van der Waals surface area contributed by atoms with Crippen molar-refractivity contribution in [3.8, 4) is 0 Å². The van der Waals surface area contributed by atoms with Crippen LogP contribution in [0.4, 0.5) is 4.39 Å². The maximum absolute atomic E-state index is 13.1. The number of nitrogens with one attached hydrogen (secondary N) is 1. The number of ether oxygens (including phenoxy) is 1. The molecule has 0 aromatic heterocycles. The summed E-state index contributed by atoms with van der Waals surface area (Å²) in [5.74, 6) is -0.572. The Hall–Kier alpha value is -3.51. The molecule has 4 rings (SSSR count). The van der Waals surface area contributed by atoms with Crippen LogP contribution in [0.2, 0.25) is 0 Å². The van der Waals surface area contributed by atoms with Gasteiger partial charge in [-0.05, 0) is 53.8 Å². The van der Waals surface area contributed by atoms with Crippen molar-refractivity contribution in [3.05, 3.63) is 107 Å². The van der Waals surface area contributed by atoms with E-state index in [2.05, 4.69) is 5.32 Å². The molecule has 1 fully saturated rings. The van der Waals surface area contributed by atoms with Crippen LogP contribution in [-0.2, 0) is 29.3 Å². The smallest absolute Gasteiger partial charge is 0.253 e. The fraction of sp³-hybridized carbons (Fsp3) is 0.286. The first-order valence-electron chi connectivity index (χ1n) is 11.6. The first kappa shape index (κ1) is 23.6. The van der Waals surface area contributed by atoms with Crippen molar-refractivity contribution in [2.24, 2.45) is 5.92 Å². The molecule has 0 spiro atoms.